The molecule has 9 heteroatoms. The highest BCUT2D eigenvalue weighted by Gasteiger charge is 2.27. The number of thioether (sulfide) groups is 1. The average molecular weight is 431 g/mol. The van der Waals surface area contributed by atoms with E-state index in [1.165, 1.54) is 27.4 Å². The van der Waals surface area contributed by atoms with Crippen LogP contribution in [0.4, 0.5) is 0 Å². The first-order chi connectivity index (χ1) is 12.5. The summed E-state index contributed by atoms with van der Waals surface area (Å²) < 4.78 is 27.0. The number of nitrogens with zero attached hydrogens (tertiary/aromatic N) is 1. The van der Waals surface area contributed by atoms with Gasteiger partial charge in [0.1, 0.15) is 0 Å². The van der Waals surface area contributed by atoms with Gasteiger partial charge in [0, 0.05) is 36.0 Å². The molecular formula is C17H19ClN2O3S3. The number of nitrogens with one attached hydrogen (secondary N) is 1. The lowest BCUT2D eigenvalue weighted by molar-refractivity contribution is 0.0954. The second kappa shape index (κ2) is 8.75. The van der Waals surface area contributed by atoms with Crippen LogP contribution in [0, 0.1) is 0 Å². The molecule has 2 heterocycles. The van der Waals surface area contributed by atoms with Gasteiger partial charge in [0.25, 0.3) is 5.91 Å². The number of carbonyl (C=O) groups excluding carboxylic acids is 1. The largest absolute Gasteiger partial charge is 0.352 e. The molecule has 2 aromatic rings. The predicted octanol–water partition coefficient (Wildman–Crippen LogP) is 3.11. The fourth-order valence-electron chi connectivity index (χ4n) is 2.62. The van der Waals surface area contributed by atoms with Gasteiger partial charge in [0.15, 0.2) is 0 Å². The van der Waals surface area contributed by atoms with Crippen molar-refractivity contribution in [3.8, 4) is 0 Å². The first-order valence-corrected chi connectivity index (χ1v) is 12.0. The van der Waals surface area contributed by atoms with Gasteiger partial charge in [0.05, 0.1) is 15.5 Å². The van der Waals surface area contributed by atoms with Crippen molar-refractivity contribution in [2.75, 3.05) is 31.1 Å². The van der Waals surface area contributed by atoms with Crippen LogP contribution < -0.4 is 5.32 Å². The van der Waals surface area contributed by atoms with E-state index >= 15 is 0 Å². The van der Waals surface area contributed by atoms with Gasteiger partial charge < -0.3 is 5.32 Å². The molecule has 0 bridgehead atoms. The predicted molar refractivity (Wildman–Crippen MR) is 108 cm³/mol. The zero-order valence-electron chi connectivity index (χ0n) is 14.0. The van der Waals surface area contributed by atoms with Crippen LogP contribution in [0.3, 0.4) is 0 Å². The maximum atomic E-state index is 12.8. The van der Waals surface area contributed by atoms with Crippen molar-refractivity contribution in [3.05, 3.63) is 51.2 Å². The minimum absolute atomic E-state index is 0.109. The topological polar surface area (TPSA) is 66.5 Å². The maximum absolute atomic E-state index is 12.8. The zero-order valence-corrected chi connectivity index (χ0v) is 17.2. The zero-order chi connectivity index (χ0) is 18.6. The SMILES string of the molecule is O=C(NCCc1cccs1)c1cc(S(=O)(=O)N2CCSCC2)ccc1Cl. The number of carbonyl (C=O) groups is 1. The summed E-state index contributed by atoms with van der Waals surface area (Å²) in [4.78, 5) is 13.7. The first-order valence-electron chi connectivity index (χ1n) is 8.16. The van der Waals surface area contributed by atoms with Crippen LogP contribution in [0.25, 0.3) is 0 Å². The summed E-state index contributed by atoms with van der Waals surface area (Å²) in [7, 11) is -3.61. The number of amides is 1. The van der Waals surface area contributed by atoms with Gasteiger partial charge in [0.2, 0.25) is 10.0 Å². The van der Waals surface area contributed by atoms with Crippen LogP contribution in [0.5, 0.6) is 0 Å². The number of halogens is 1. The Hall–Kier alpha value is -1.06. The lowest BCUT2D eigenvalue weighted by Gasteiger charge is -2.25. The van der Waals surface area contributed by atoms with E-state index in [9.17, 15) is 13.2 Å². The van der Waals surface area contributed by atoms with E-state index in [1.54, 1.807) is 23.1 Å². The molecule has 0 aliphatic carbocycles. The monoisotopic (exact) mass is 430 g/mol. The molecule has 1 N–H and O–H groups in total. The second-order valence-electron chi connectivity index (χ2n) is 5.74. The Bertz CT molecular complexity index is 863. The molecule has 0 atom stereocenters. The summed E-state index contributed by atoms with van der Waals surface area (Å²) in [5.74, 6) is 1.20. The average Bonchev–Trinajstić information content (AvgIpc) is 3.16. The summed E-state index contributed by atoms with van der Waals surface area (Å²) in [6.45, 7) is 1.44. The smallest absolute Gasteiger partial charge is 0.252 e. The molecule has 1 aromatic carbocycles. The molecule has 1 aliphatic heterocycles. The second-order valence-corrected chi connectivity index (χ2v) is 10.3. The maximum Gasteiger partial charge on any atom is 0.252 e. The number of thiophene rings is 1. The Kier molecular flexibility index (Phi) is 6.63. The third kappa shape index (κ3) is 4.61. The summed E-state index contributed by atoms with van der Waals surface area (Å²) in [6.07, 6.45) is 0.727. The minimum Gasteiger partial charge on any atom is -0.352 e. The lowest BCUT2D eigenvalue weighted by atomic mass is 10.2. The Morgan fingerprint density at radius 1 is 1.23 bits per heavy atom. The van der Waals surface area contributed by atoms with Gasteiger partial charge in [-0.15, -0.1) is 11.3 Å². The van der Waals surface area contributed by atoms with Gasteiger partial charge in [-0.25, -0.2) is 8.42 Å². The first kappa shape index (κ1) is 19.7. The van der Waals surface area contributed by atoms with Gasteiger partial charge in [-0.3, -0.25) is 4.79 Å². The fourth-order valence-corrected chi connectivity index (χ4v) is 6.14. The Labute approximate surface area is 166 Å². The number of hydrogen-bond donors (Lipinski definition) is 1. The molecule has 26 heavy (non-hydrogen) atoms. The molecule has 1 fully saturated rings. The third-order valence-corrected chi connectivity index (χ3v) is 8.13. The van der Waals surface area contributed by atoms with E-state index in [0.29, 0.717) is 19.6 Å². The van der Waals surface area contributed by atoms with Crippen molar-refractivity contribution in [1.29, 1.82) is 0 Å². The molecule has 0 spiro atoms. The molecule has 3 rings (SSSR count). The van der Waals surface area contributed by atoms with Crippen LogP contribution >= 0.6 is 34.7 Å². The lowest BCUT2D eigenvalue weighted by Crippen LogP contribution is -2.38. The van der Waals surface area contributed by atoms with Crippen molar-refractivity contribution in [3.63, 3.8) is 0 Å². The van der Waals surface area contributed by atoms with Crippen LogP contribution in [0.1, 0.15) is 15.2 Å². The standard InChI is InChI=1S/C17H19ClN2O3S3/c18-16-4-3-14(26(22,23)20-7-10-24-11-8-20)12-15(16)17(21)19-6-5-13-2-1-9-25-13/h1-4,9,12H,5-8,10-11H2,(H,19,21). The van der Waals surface area contributed by atoms with Gasteiger partial charge >= 0.3 is 0 Å². The quantitative estimate of drug-likeness (QED) is 0.764. The van der Waals surface area contributed by atoms with Crippen molar-refractivity contribution < 1.29 is 13.2 Å². The van der Waals surface area contributed by atoms with Gasteiger partial charge in [-0.1, -0.05) is 17.7 Å². The van der Waals surface area contributed by atoms with E-state index in [4.69, 9.17) is 11.6 Å². The number of sulfonamides is 1. The van der Waals surface area contributed by atoms with Crippen LogP contribution in [-0.2, 0) is 16.4 Å². The summed E-state index contributed by atoms with van der Waals surface area (Å²) >= 11 is 9.50. The van der Waals surface area contributed by atoms with Crippen LogP contribution in [0.15, 0.2) is 40.6 Å². The van der Waals surface area contributed by atoms with E-state index in [2.05, 4.69) is 5.32 Å². The van der Waals surface area contributed by atoms with Crippen molar-refractivity contribution in [2.45, 2.75) is 11.3 Å². The van der Waals surface area contributed by atoms with Crippen LogP contribution in [-0.4, -0.2) is 49.8 Å². The molecule has 1 amide bonds. The van der Waals surface area contributed by atoms with E-state index in [1.807, 2.05) is 17.5 Å². The molecule has 1 aromatic heterocycles. The van der Waals surface area contributed by atoms with E-state index in [-0.39, 0.29) is 21.4 Å². The molecule has 5 nitrogen and oxygen atoms in total. The molecule has 0 unspecified atom stereocenters. The highest BCUT2D eigenvalue weighted by atomic mass is 35.5. The Balaban J connectivity index is 1.73. The van der Waals surface area contributed by atoms with Crippen LogP contribution in [0.2, 0.25) is 5.02 Å². The summed E-state index contributed by atoms with van der Waals surface area (Å²) in [6, 6.07) is 8.28. The Morgan fingerprint density at radius 2 is 2.00 bits per heavy atom. The highest BCUT2D eigenvalue weighted by molar-refractivity contribution is 7.99. The molecule has 0 radical (unpaired) electrons. The molecule has 0 saturated carbocycles. The third-order valence-electron chi connectivity index (χ3n) is 4.03. The fraction of sp³-hybridized carbons (Fsp3) is 0.353. The van der Waals surface area contributed by atoms with Crippen molar-refractivity contribution >= 4 is 50.6 Å². The molecular weight excluding hydrogens is 412 g/mol. The number of hydrogen-bond acceptors (Lipinski definition) is 5. The molecule has 1 aliphatic rings. The minimum atomic E-state index is -3.61. The number of rotatable bonds is 6. The van der Waals surface area contributed by atoms with Gasteiger partial charge in [-0.05, 0) is 36.1 Å². The van der Waals surface area contributed by atoms with Crippen molar-refractivity contribution in [2.24, 2.45) is 0 Å². The Morgan fingerprint density at radius 3 is 2.69 bits per heavy atom. The van der Waals surface area contributed by atoms with E-state index in [0.717, 1.165) is 17.9 Å². The number of benzene rings is 1. The molecule has 140 valence electrons. The van der Waals surface area contributed by atoms with E-state index < -0.39 is 10.0 Å². The summed E-state index contributed by atoms with van der Waals surface area (Å²) in [5, 5.41) is 5.04. The summed E-state index contributed by atoms with van der Waals surface area (Å²) in [5.41, 5.74) is 0.185. The normalized spacial score (nSPS) is 15.7. The molecule has 1 saturated heterocycles. The highest BCUT2D eigenvalue weighted by Crippen LogP contribution is 2.25. The van der Waals surface area contributed by atoms with Crippen molar-refractivity contribution in [1.82, 2.24) is 9.62 Å². The van der Waals surface area contributed by atoms with Gasteiger partial charge in [-0.2, -0.15) is 16.1 Å².